The van der Waals surface area contributed by atoms with E-state index in [1.807, 2.05) is 30.3 Å². The number of hydrogen-bond donors (Lipinski definition) is 1. The van der Waals surface area contributed by atoms with Gasteiger partial charge in [0.05, 0.1) is 6.61 Å². The molecule has 0 aromatic heterocycles. The summed E-state index contributed by atoms with van der Waals surface area (Å²) in [5, 5.41) is 3.21. The lowest BCUT2D eigenvalue weighted by molar-refractivity contribution is 0.317. The fraction of sp³-hybridized carbons (Fsp3) is 0.294. The van der Waals surface area contributed by atoms with Crippen LogP contribution < -0.4 is 10.1 Å². The van der Waals surface area contributed by atoms with E-state index in [0.717, 1.165) is 30.0 Å². The Kier molecular flexibility index (Phi) is 4.99. The Balaban J connectivity index is 1.91. The van der Waals surface area contributed by atoms with E-state index < -0.39 is 0 Å². The Morgan fingerprint density at radius 2 is 1.85 bits per heavy atom. The second-order valence-corrected chi connectivity index (χ2v) is 4.81. The van der Waals surface area contributed by atoms with Gasteiger partial charge >= 0.3 is 0 Å². The van der Waals surface area contributed by atoms with Gasteiger partial charge in [-0.3, -0.25) is 0 Å². The minimum atomic E-state index is -0.182. The summed E-state index contributed by atoms with van der Waals surface area (Å²) in [6.07, 6.45) is 1.00. The molecule has 0 saturated heterocycles. The van der Waals surface area contributed by atoms with E-state index in [1.165, 1.54) is 6.07 Å². The lowest BCUT2D eigenvalue weighted by Gasteiger charge is -2.09. The van der Waals surface area contributed by atoms with Crippen LogP contribution in [0.15, 0.2) is 42.5 Å². The van der Waals surface area contributed by atoms with Gasteiger partial charge in [-0.2, -0.15) is 0 Å². The van der Waals surface area contributed by atoms with Crippen LogP contribution in [0, 0.1) is 12.7 Å². The third-order valence-electron chi connectivity index (χ3n) is 3.06. The van der Waals surface area contributed by atoms with Gasteiger partial charge in [-0.25, -0.2) is 4.39 Å². The molecule has 0 radical (unpaired) electrons. The topological polar surface area (TPSA) is 21.3 Å². The average Bonchev–Trinajstić information content (AvgIpc) is 2.47. The molecule has 0 saturated carbocycles. The molecule has 0 aliphatic rings. The number of ether oxygens (including phenoxy) is 1. The van der Waals surface area contributed by atoms with Crippen molar-refractivity contribution in [1.82, 2.24) is 0 Å². The number of hydrogen-bond acceptors (Lipinski definition) is 2. The van der Waals surface area contributed by atoms with Gasteiger partial charge in [0.25, 0.3) is 0 Å². The number of anilines is 1. The molecule has 20 heavy (non-hydrogen) atoms. The molecule has 2 aromatic rings. The molecule has 2 rings (SSSR count). The van der Waals surface area contributed by atoms with Gasteiger partial charge in [-0.05, 0) is 48.7 Å². The summed E-state index contributed by atoms with van der Waals surface area (Å²) in [4.78, 5) is 0. The number of nitrogens with one attached hydrogen (secondary N) is 1. The molecule has 0 spiro atoms. The molecule has 3 heteroatoms. The molecular formula is C17H20FNO. The van der Waals surface area contributed by atoms with Crippen molar-refractivity contribution >= 4 is 5.69 Å². The molecule has 0 amide bonds. The normalized spacial score (nSPS) is 10.3. The number of rotatable bonds is 6. The standard InChI is InChI=1S/C17H20FNO/c1-3-10-20-16-8-5-14(6-9-16)12-19-15-7-4-13(2)17(18)11-15/h4-9,11,19H,3,10,12H2,1-2H3. The fourth-order valence-corrected chi connectivity index (χ4v) is 1.83. The number of halogens is 1. The number of benzene rings is 2. The lowest BCUT2D eigenvalue weighted by atomic mass is 10.2. The second kappa shape index (κ2) is 6.94. The van der Waals surface area contributed by atoms with Crippen LogP contribution in [-0.2, 0) is 6.54 Å². The van der Waals surface area contributed by atoms with Gasteiger partial charge in [0, 0.05) is 12.2 Å². The smallest absolute Gasteiger partial charge is 0.128 e. The fourth-order valence-electron chi connectivity index (χ4n) is 1.83. The van der Waals surface area contributed by atoms with Crippen LogP contribution in [0.25, 0.3) is 0 Å². The first kappa shape index (κ1) is 14.4. The van der Waals surface area contributed by atoms with E-state index in [2.05, 4.69) is 12.2 Å². The zero-order valence-corrected chi connectivity index (χ0v) is 11.9. The van der Waals surface area contributed by atoms with Gasteiger partial charge in [0.2, 0.25) is 0 Å². The van der Waals surface area contributed by atoms with Crippen LogP contribution in [0.4, 0.5) is 10.1 Å². The lowest BCUT2D eigenvalue weighted by Crippen LogP contribution is -2.00. The summed E-state index contributed by atoms with van der Waals surface area (Å²) in [6, 6.07) is 13.1. The molecule has 2 aromatic carbocycles. The predicted octanol–water partition coefficient (Wildman–Crippen LogP) is 4.54. The number of aryl methyl sites for hydroxylation is 1. The van der Waals surface area contributed by atoms with E-state index in [4.69, 9.17) is 4.74 Å². The third-order valence-corrected chi connectivity index (χ3v) is 3.06. The van der Waals surface area contributed by atoms with Gasteiger partial charge < -0.3 is 10.1 Å². The third kappa shape index (κ3) is 3.98. The predicted molar refractivity (Wildman–Crippen MR) is 80.7 cm³/mol. The van der Waals surface area contributed by atoms with Crippen molar-refractivity contribution in [3.05, 3.63) is 59.4 Å². The van der Waals surface area contributed by atoms with Crippen LogP contribution in [0.3, 0.4) is 0 Å². The summed E-state index contributed by atoms with van der Waals surface area (Å²) in [5.74, 6) is 0.704. The molecule has 0 fully saturated rings. The van der Waals surface area contributed by atoms with Crippen molar-refractivity contribution in [3.63, 3.8) is 0 Å². The van der Waals surface area contributed by atoms with E-state index in [0.29, 0.717) is 12.1 Å². The molecule has 2 nitrogen and oxygen atoms in total. The molecule has 0 unspecified atom stereocenters. The van der Waals surface area contributed by atoms with E-state index in [1.54, 1.807) is 13.0 Å². The van der Waals surface area contributed by atoms with Gasteiger partial charge in [0.1, 0.15) is 11.6 Å². The minimum absolute atomic E-state index is 0.182. The first-order valence-corrected chi connectivity index (χ1v) is 6.91. The molecule has 0 aliphatic carbocycles. The van der Waals surface area contributed by atoms with Crippen molar-refractivity contribution in [2.75, 3.05) is 11.9 Å². The SMILES string of the molecule is CCCOc1ccc(CNc2ccc(C)c(F)c2)cc1. The summed E-state index contributed by atoms with van der Waals surface area (Å²) in [7, 11) is 0. The van der Waals surface area contributed by atoms with Crippen molar-refractivity contribution < 1.29 is 9.13 Å². The molecule has 0 bridgehead atoms. The molecule has 0 atom stereocenters. The summed E-state index contributed by atoms with van der Waals surface area (Å²) < 4.78 is 19.0. The Morgan fingerprint density at radius 3 is 2.50 bits per heavy atom. The van der Waals surface area contributed by atoms with Crippen LogP contribution in [0.5, 0.6) is 5.75 Å². The van der Waals surface area contributed by atoms with Crippen LogP contribution in [0.1, 0.15) is 24.5 Å². The second-order valence-electron chi connectivity index (χ2n) is 4.81. The van der Waals surface area contributed by atoms with Gasteiger partial charge in [-0.15, -0.1) is 0 Å². The quantitative estimate of drug-likeness (QED) is 0.834. The Hall–Kier alpha value is -2.03. The van der Waals surface area contributed by atoms with E-state index in [9.17, 15) is 4.39 Å². The maximum absolute atomic E-state index is 13.4. The average molecular weight is 273 g/mol. The zero-order valence-electron chi connectivity index (χ0n) is 11.9. The summed E-state index contributed by atoms with van der Waals surface area (Å²) in [5.41, 5.74) is 2.59. The molecule has 0 heterocycles. The monoisotopic (exact) mass is 273 g/mol. The maximum atomic E-state index is 13.4. The van der Waals surface area contributed by atoms with E-state index >= 15 is 0 Å². The largest absolute Gasteiger partial charge is 0.494 e. The van der Waals surface area contributed by atoms with Crippen molar-refractivity contribution in [3.8, 4) is 5.75 Å². The highest BCUT2D eigenvalue weighted by Gasteiger charge is 2.00. The van der Waals surface area contributed by atoms with Crippen molar-refractivity contribution in [1.29, 1.82) is 0 Å². The highest BCUT2D eigenvalue weighted by molar-refractivity contribution is 5.45. The summed E-state index contributed by atoms with van der Waals surface area (Å²) in [6.45, 7) is 5.24. The van der Waals surface area contributed by atoms with Gasteiger partial charge in [-0.1, -0.05) is 25.1 Å². The maximum Gasteiger partial charge on any atom is 0.128 e. The van der Waals surface area contributed by atoms with Crippen LogP contribution in [-0.4, -0.2) is 6.61 Å². The molecular weight excluding hydrogens is 253 g/mol. The molecule has 106 valence electrons. The first-order valence-electron chi connectivity index (χ1n) is 6.91. The minimum Gasteiger partial charge on any atom is -0.494 e. The van der Waals surface area contributed by atoms with Gasteiger partial charge in [0.15, 0.2) is 0 Å². The summed E-state index contributed by atoms with van der Waals surface area (Å²) >= 11 is 0. The molecule has 0 aliphatic heterocycles. The first-order chi connectivity index (χ1) is 9.69. The molecule has 1 N–H and O–H groups in total. The van der Waals surface area contributed by atoms with Crippen LogP contribution >= 0.6 is 0 Å². The highest BCUT2D eigenvalue weighted by atomic mass is 19.1. The van der Waals surface area contributed by atoms with Crippen LogP contribution in [0.2, 0.25) is 0 Å². The van der Waals surface area contributed by atoms with E-state index in [-0.39, 0.29) is 5.82 Å². The Bertz CT molecular complexity index is 551. The Labute approximate surface area is 119 Å². The highest BCUT2D eigenvalue weighted by Crippen LogP contribution is 2.16. The Morgan fingerprint density at radius 1 is 1.10 bits per heavy atom. The van der Waals surface area contributed by atoms with Crippen molar-refractivity contribution in [2.45, 2.75) is 26.8 Å². The zero-order chi connectivity index (χ0) is 14.4. The van der Waals surface area contributed by atoms with Crippen molar-refractivity contribution in [2.24, 2.45) is 0 Å².